The third-order valence-electron chi connectivity index (χ3n) is 10.9. The second kappa shape index (κ2) is 15.9. The van der Waals surface area contributed by atoms with E-state index in [0.29, 0.717) is 0 Å². The number of nitrogens with two attached hydrogens (primary N) is 5. The van der Waals surface area contributed by atoms with Gasteiger partial charge < -0.3 is 61.8 Å². The predicted octanol–water partition coefficient (Wildman–Crippen LogP) is -3.74. The lowest BCUT2D eigenvalue weighted by Gasteiger charge is -2.36. The summed E-state index contributed by atoms with van der Waals surface area (Å²) in [6.07, 6.45) is -9.31. The lowest BCUT2D eigenvalue weighted by atomic mass is 9.87. The minimum Gasteiger partial charge on any atom is -0.388 e. The van der Waals surface area contributed by atoms with Crippen LogP contribution in [-0.2, 0) is 36.9 Å². The van der Waals surface area contributed by atoms with Crippen molar-refractivity contribution in [3.63, 3.8) is 0 Å². The molecule has 9 rings (SSSR count). The molecule has 6 aromatic rings. The van der Waals surface area contributed by atoms with Crippen LogP contribution < -0.4 is 28.2 Å². The topological polar surface area (TPSA) is 472 Å². The van der Waals surface area contributed by atoms with Crippen molar-refractivity contribution in [2.24, 2.45) is 16.9 Å². The van der Waals surface area contributed by atoms with Crippen molar-refractivity contribution < 1.29 is 67.3 Å². The molecule has 0 saturated carbocycles. The number of nitrogens with zero attached hydrogens (tertiary/aromatic N) is 12. The number of fused-ring (bicyclic) bond motifs is 3. The number of rotatable bonds is 13. The third-order valence-corrected chi connectivity index (χ3v) is 12.5. The van der Waals surface area contributed by atoms with Gasteiger partial charge in [-0.1, -0.05) is 0 Å². The molecule has 0 aromatic carbocycles. The summed E-state index contributed by atoms with van der Waals surface area (Å²) in [7, 11) is -9.87. The maximum absolute atomic E-state index is 14.3. The van der Waals surface area contributed by atoms with E-state index in [1.165, 1.54) is 21.8 Å². The number of aliphatic hydroxyl groups excluding tert-OH is 4. The van der Waals surface area contributed by atoms with Crippen molar-refractivity contribution in [1.82, 2.24) is 58.6 Å². The molecular formula is C30H39N17O14P2. The molecule has 3 aliphatic rings. The maximum atomic E-state index is 14.3. The van der Waals surface area contributed by atoms with Gasteiger partial charge >= 0.3 is 15.5 Å². The Labute approximate surface area is 350 Å². The molecule has 3 fully saturated rings. The van der Waals surface area contributed by atoms with Crippen LogP contribution in [0.2, 0.25) is 0 Å². The predicted molar refractivity (Wildman–Crippen MR) is 207 cm³/mol. The van der Waals surface area contributed by atoms with Gasteiger partial charge in [0.25, 0.3) is 0 Å². The van der Waals surface area contributed by atoms with E-state index in [1.807, 2.05) is 0 Å². The summed E-state index contributed by atoms with van der Waals surface area (Å²) >= 11 is 0. The Morgan fingerprint density at radius 3 is 1.57 bits per heavy atom. The van der Waals surface area contributed by atoms with Gasteiger partial charge in [-0.15, -0.1) is 0 Å². The number of hydrogen-bond acceptors (Lipinski definition) is 25. The third kappa shape index (κ3) is 7.65. The van der Waals surface area contributed by atoms with Crippen molar-refractivity contribution >= 4 is 66.4 Å². The lowest BCUT2D eigenvalue weighted by molar-refractivity contribution is -0.225. The van der Waals surface area contributed by atoms with Crippen molar-refractivity contribution in [2.45, 2.75) is 73.6 Å². The highest BCUT2D eigenvalue weighted by molar-refractivity contribution is 7.51. The van der Waals surface area contributed by atoms with E-state index in [9.17, 15) is 39.6 Å². The van der Waals surface area contributed by atoms with E-state index in [0.717, 1.165) is 29.9 Å². The monoisotopic (exact) mass is 923 g/mol. The van der Waals surface area contributed by atoms with Gasteiger partial charge in [0.15, 0.2) is 53.1 Å². The summed E-state index contributed by atoms with van der Waals surface area (Å²) in [5.74, 6) is -4.68. The Morgan fingerprint density at radius 2 is 1.06 bits per heavy atom. The molecule has 2 unspecified atom stereocenters. The van der Waals surface area contributed by atoms with Gasteiger partial charge in [0, 0.05) is 5.92 Å². The summed E-state index contributed by atoms with van der Waals surface area (Å²) in [5.41, 5.74) is 29.9. The van der Waals surface area contributed by atoms with Crippen LogP contribution in [0.5, 0.6) is 0 Å². The fourth-order valence-corrected chi connectivity index (χ4v) is 9.30. The molecule has 31 nitrogen and oxygen atoms in total. The van der Waals surface area contributed by atoms with Crippen LogP contribution in [-0.4, -0.2) is 151 Å². The Hall–Kier alpha value is -5.05. The summed E-state index contributed by atoms with van der Waals surface area (Å²) < 4.78 is 64.7. The largest absolute Gasteiger partial charge is 0.405 e. The summed E-state index contributed by atoms with van der Waals surface area (Å²) in [4.78, 5) is 46.5. The molecule has 0 amide bonds. The summed E-state index contributed by atoms with van der Waals surface area (Å²) in [6.45, 7) is -1.68. The molecule has 0 spiro atoms. The van der Waals surface area contributed by atoms with Crippen LogP contribution in [0.1, 0.15) is 25.1 Å². The van der Waals surface area contributed by atoms with E-state index in [4.69, 9.17) is 56.0 Å². The Kier molecular flexibility index (Phi) is 10.9. The van der Waals surface area contributed by atoms with Crippen LogP contribution in [0.3, 0.4) is 0 Å². The molecule has 9 heterocycles. The number of aromatic nitrogens is 12. The van der Waals surface area contributed by atoms with Crippen molar-refractivity contribution in [1.29, 1.82) is 0 Å². The smallest absolute Gasteiger partial charge is 0.388 e. The molecular weight excluding hydrogens is 884 g/mol. The second-order valence-electron chi connectivity index (χ2n) is 14.7. The zero-order valence-electron chi connectivity index (χ0n) is 32.0. The number of ether oxygens (including phenoxy) is 3. The first-order chi connectivity index (χ1) is 29.8. The number of hydrogen-bond donors (Lipinski definition) is 11. The highest BCUT2D eigenvalue weighted by Gasteiger charge is 2.63. The van der Waals surface area contributed by atoms with Gasteiger partial charge in [-0.3, -0.25) is 27.3 Å². The first-order valence-electron chi connectivity index (χ1n) is 18.5. The lowest BCUT2D eigenvalue weighted by Crippen LogP contribution is -2.48. The molecule has 14 atom stereocenters. The molecule has 3 saturated heterocycles. The normalized spacial score (nSPS) is 33.1. The number of nitrogen functional groups attached to an aromatic ring is 3. The molecule has 6 aromatic heterocycles. The number of anilines is 3. The first kappa shape index (κ1) is 43.2. The first-order valence-corrected chi connectivity index (χ1v) is 21.8. The van der Waals surface area contributed by atoms with Crippen molar-refractivity contribution in [3.05, 3.63) is 38.0 Å². The summed E-state index contributed by atoms with van der Waals surface area (Å²) in [5, 5.41) is 57.5. The molecule has 16 N–H and O–H groups in total. The van der Waals surface area contributed by atoms with Crippen LogP contribution in [0.4, 0.5) is 17.5 Å². The van der Waals surface area contributed by atoms with Gasteiger partial charge in [0.1, 0.15) is 66.1 Å². The quantitative estimate of drug-likeness (QED) is 0.0392. The molecule has 0 aliphatic carbocycles. The van der Waals surface area contributed by atoms with Gasteiger partial charge in [-0.05, 0) is 6.42 Å². The summed E-state index contributed by atoms with van der Waals surface area (Å²) in [6, 6.07) is 0. The highest BCUT2D eigenvalue weighted by atomic mass is 31.2. The van der Waals surface area contributed by atoms with Crippen molar-refractivity contribution in [3.8, 4) is 0 Å². The van der Waals surface area contributed by atoms with Gasteiger partial charge in [0.05, 0.1) is 44.4 Å². The fraction of sp³-hybridized carbons (Fsp3) is 0.500. The number of imidazole rings is 3. The molecule has 338 valence electrons. The van der Waals surface area contributed by atoms with Gasteiger partial charge in [0.2, 0.25) is 5.79 Å². The molecule has 0 bridgehead atoms. The number of aliphatic hydroxyl groups is 5. The fourth-order valence-electron chi connectivity index (χ4n) is 7.90. The maximum Gasteiger partial charge on any atom is 0.405 e. The van der Waals surface area contributed by atoms with E-state index < -0.39 is 108 Å². The Bertz CT molecular complexity index is 2780. The zero-order chi connectivity index (χ0) is 44.7. The van der Waals surface area contributed by atoms with Gasteiger partial charge in [-0.2, -0.15) is 0 Å². The van der Waals surface area contributed by atoms with E-state index in [-0.39, 0.29) is 50.9 Å². The molecule has 0 radical (unpaired) electrons. The minimum atomic E-state index is -5.12. The SMILES string of the molecule is Nc1ncnc2c1ncn2[C@@H]1O[C@H](COP(N)(=O)O[C@@]2(O)[C@H](C[C@H]3O[C@@H](n4cnc5c(N)ncnc54)[C@H](O)[C@@H]3O)[C@@H](COP(N)(=O)O)O[C@H]2n2cnc3c(N)ncnc32)[C@@H](O)[C@H]1O. The Balaban J connectivity index is 1.03. The van der Waals surface area contributed by atoms with Crippen LogP contribution in [0, 0.1) is 5.92 Å². The van der Waals surface area contributed by atoms with Gasteiger partial charge in [-0.25, -0.2) is 65.0 Å². The highest BCUT2D eigenvalue weighted by Crippen LogP contribution is 2.56. The second-order valence-corrected chi connectivity index (χ2v) is 17.7. The average Bonchev–Trinajstić information content (AvgIpc) is 4.08. The Morgan fingerprint density at radius 1 is 0.619 bits per heavy atom. The average molecular weight is 924 g/mol. The zero-order valence-corrected chi connectivity index (χ0v) is 33.8. The molecule has 33 heteroatoms. The molecule has 3 aliphatic heterocycles. The van der Waals surface area contributed by atoms with E-state index in [1.54, 1.807) is 0 Å². The van der Waals surface area contributed by atoms with E-state index >= 15 is 0 Å². The minimum absolute atomic E-state index is 0.0199. The van der Waals surface area contributed by atoms with Crippen LogP contribution >= 0.6 is 15.5 Å². The van der Waals surface area contributed by atoms with Crippen LogP contribution in [0.25, 0.3) is 33.5 Å². The van der Waals surface area contributed by atoms with Crippen LogP contribution in [0.15, 0.2) is 38.0 Å². The standard InChI is InChI=1S/C30H39N17O14P2/c31-21-14-24(39-4-36-21)45(7-42-14)27-19(50)17(48)11(58-27)1-10-12(2-56-62(34,53)54)60-29(47-9-44-16-23(33)38-6-41-26(16)47)30(10,52)61-63(35,55)57-3-13-18(49)20(51)28(59-13)46-8-43-15-22(32)37-5-40-25(15)46/h4-13,17-20,27-29,48-52H,1-3H2,(H2,35,55)(H2,31,36,39)(H2,32,37,40)(H2,33,38,41)(H3,34,53,54)/t10-,11-,12-,13-,17-,18-,19-,20-,27-,28-,29-,30+,63?/m1/s1. The van der Waals surface area contributed by atoms with Crippen molar-refractivity contribution in [2.75, 3.05) is 30.4 Å². The van der Waals surface area contributed by atoms with E-state index in [2.05, 4.69) is 44.9 Å². The molecule has 63 heavy (non-hydrogen) atoms.